The Morgan fingerprint density at radius 3 is 2.70 bits per heavy atom. The molecule has 0 amide bonds. The van der Waals surface area contributed by atoms with Crippen LogP contribution in [0.3, 0.4) is 0 Å². The van der Waals surface area contributed by atoms with Gasteiger partial charge in [0.05, 0.1) is 12.5 Å². The van der Waals surface area contributed by atoms with Gasteiger partial charge in [0.15, 0.2) is 0 Å². The first kappa shape index (κ1) is 6.20. The Balaban J connectivity index is 1.84. The second-order valence-electron chi connectivity index (χ2n) is 3.33. The number of cyclic esters (lactones) is 1. The number of esters is 1. The van der Waals surface area contributed by atoms with Gasteiger partial charge in [-0.05, 0) is 18.8 Å². The molecule has 2 fully saturated rings. The minimum Gasteiger partial charge on any atom is -0.465 e. The van der Waals surface area contributed by atoms with Gasteiger partial charge in [0.2, 0.25) is 0 Å². The second-order valence-corrected chi connectivity index (χ2v) is 3.33. The summed E-state index contributed by atoms with van der Waals surface area (Å²) in [7, 11) is 0. The molecule has 1 heterocycles. The monoisotopic (exact) mass is 140 g/mol. The predicted molar refractivity (Wildman–Crippen MR) is 36.4 cm³/mol. The summed E-state index contributed by atoms with van der Waals surface area (Å²) in [6, 6.07) is 0. The third-order valence-corrected chi connectivity index (χ3v) is 2.36. The van der Waals surface area contributed by atoms with E-state index in [1.54, 1.807) is 0 Å². The van der Waals surface area contributed by atoms with Crippen LogP contribution >= 0.6 is 0 Å². The van der Waals surface area contributed by atoms with Crippen molar-refractivity contribution in [1.82, 2.24) is 0 Å². The number of ether oxygens (including phenoxy) is 1. The normalized spacial score (nSPS) is 32.4. The standard InChI is InChI=1S/C8H12O2/c9-8-7(3-4-10-8)5-6-1-2-6/h6-7H,1-5H2. The van der Waals surface area contributed by atoms with E-state index in [-0.39, 0.29) is 11.9 Å². The summed E-state index contributed by atoms with van der Waals surface area (Å²) in [5, 5.41) is 0. The van der Waals surface area contributed by atoms with Crippen molar-refractivity contribution >= 4 is 5.97 Å². The van der Waals surface area contributed by atoms with Gasteiger partial charge in [-0.2, -0.15) is 0 Å². The summed E-state index contributed by atoms with van der Waals surface area (Å²) in [6.45, 7) is 0.663. The van der Waals surface area contributed by atoms with Gasteiger partial charge < -0.3 is 4.74 Å². The van der Waals surface area contributed by atoms with Crippen LogP contribution in [0.5, 0.6) is 0 Å². The van der Waals surface area contributed by atoms with Crippen molar-refractivity contribution in [2.75, 3.05) is 6.61 Å². The van der Waals surface area contributed by atoms with E-state index < -0.39 is 0 Å². The summed E-state index contributed by atoms with van der Waals surface area (Å²) >= 11 is 0. The maximum absolute atomic E-state index is 10.9. The molecule has 1 unspecified atom stereocenters. The number of hydrogen-bond acceptors (Lipinski definition) is 2. The lowest BCUT2D eigenvalue weighted by Crippen LogP contribution is -2.07. The molecule has 0 aromatic heterocycles. The van der Waals surface area contributed by atoms with Gasteiger partial charge in [-0.25, -0.2) is 0 Å². The van der Waals surface area contributed by atoms with E-state index in [0.717, 1.165) is 18.8 Å². The van der Waals surface area contributed by atoms with Gasteiger partial charge in [-0.1, -0.05) is 12.8 Å². The van der Waals surface area contributed by atoms with E-state index in [4.69, 9.17) is 4.74 Å². The van der Waals surface area contributed by atoms with Gasteiger partial charge in [0.1, 0.15) is 0 Å². The van der Waals surface area contributed by atoms with Gasteiger partial charge in [-0.3, -0.25) is 4.79 Å². The highest BCUT2D eigenvalue weighted by atomic mass is 16.5. The first-order valence-corrected chi connectivity index (χ1v) is 4.03. The molecule has 1 saturated carbocycles. The SMILES string of the molecule is O=C1OCCC1CC1CC1. The molecule has 0 spiro atoms. The first-order valence-electron chi connectivity index (χ1n) is 4.03. The molecule has 10 heavy (non-hydrogen) atoms. The van der Waals surface area contributed by atoms with E-state index in [1.165, 1.54) is 12.8 Å². The molecule has 1 aliphatic carbocycles. The van der Waals surface area contributed by atoms with Crippen LogP contribution < -0.4 is 0 Å². The Kier molecular flexibility index (Phi) is 1.40. The summed E-state index contributed by atoms with van der Waals surface area (Å²) in [5.41, 5.74) is 0. The van der Waals surface area contributed by atoms with Crippen LogP contribution in [0.25, 0.3) is 0 Å². The van der Waals surface area contributed by atoms with Crippen molar-refractivity contribution in [2.24, 2.45) is 11.8 Å². The molecule has 0 aromatic rings. The minimum absolute atomic E-state index is 0.0481. The second kappa shape index (κ2) is 2.26. The minimum atomic E-state index is 0.0481. The Bertz CT molecular complexity index is 149. The molecule has 2 heteroatoms. The predicted octanol–water partition coefficient (Wildman–Crippen LogP) is 1.35. The van der Waals surface area contributed by atoms with Crippen LogP contribution in [0.15, 0.2) is 0 Å². The highest BCUT2D eigenvalue weighted by Crippen LogP contribution is 2.37. The molecule has 1 atom stereocenters. The lowest BCUT2D eigenvalue weighted by molar-refractivity contribution is -0.141. The van der Waals surface area contributed by atoms with Gasteiger partial charge >= 0.3 is 5.97 Å². The molecular weight excluding hydrogens is 128 g/mol. The van der Waals surface area contributed by atoms with Gasteiger partial charge in [-0.15, -0.1) is 0 Å². The Hall–Kier alpha value is -0.530. The number of hydrogen-bond donors (Lipinski definition) is 0. The van der Waals surface area contributed by atoms with Gasteiger partial charge in [0, 0.05) is 0 Å². The number of carbonyl (C=O) groups excluding carboxylic acids is 1. The van der Waals surface area contributed by atoms with Crippen molar-refractivity contribution in [3.8, 4) is 0 Å². The van der Waals surface area contributed by atoms with Crippen molar-refractivity contribution < 1.29 is 9.53 Å². The van der Waals surface area contributed by atoms with Crippen LogP contribution in [0.4, 0.5) is 0 Å². The van der Waals surface area contributed by atoms with E-state index in [9.17, 15) is 4.79 Å². The van der Waals surface area contributed by atoms with E-state index in [0.29, 0.717) is 6.61 Å². The molecule has 0 aromatic carbocycles. The van der Waals surface area contributed by atoms with E-state index in [2.05, 4.69) is 0 Å². The molecule has 2 rings (SSSR count). The third kappa shape index (κ3) is 1.15. The average Bonchev–Trinajstić information content (AvgIpc) is 2.62. The quantitative estimate of drug-likeness (QED) is 0.541. The van der Waals surface area contributed by atoms with Crippen LogP contribution in [-0.4, -0.2) is 12.6 Å². The number of carbonyl (C=O) groups is 1. The first-order chi connectivity index (χ1) is 4.86. The lowest BCUT2D eigenvalue weighted by Gasteiger charge is -2.00. The molecule has 0 N–H and O–H groups in total. The maximum Gasteiger partial charge on any atom is 0.309 e. The zero-order valence-electron chi connectivity index (χ0n) is 6.01. The maximum atomic E-state index is 10.9. The Morgan fingerprint density at radius 1 is 1.40 bits per heavy atom. The van der Waals surface area contributed by atoms with E-state index >= 15 is 0 Å². The van der Waals surface area contributed by atoms with Gasteiger partial charge in [0.25, 0.3) is 0 Å². The largest absolute Gasteiger partial charge is 0.465 e. The van der Waals surface area contributed by atoms with Crippen molar-refractivity contribution in [1.29, 1.82) is 0 Å². The summed E-state index contributed by atoms with van der Waals surface area (Å²) in [6.07, 6.45) is 4.74. The summed E-state index contributed by atoms with van der Waals surface area (Å²) in [4.78, 5) is 10.9. The zero-order valence-corrected chi connectivity index (χ0v) is 6.01. The van der Waals surface area contributed by atoms with Crippen LogP contribution in [0.1, 0.15) is 25.7 Å². The van der Waals surface area contributed by atoms with Crippen LogP contribution in [0.2, 0.25) is 0 Å². The molecule has 2 nitrogen and oxygen atoms in total. The van der Waals surface area contributed by atoms with Crippen molar-refractivity contribution in [2.45, 2.75) is 25.7 Å². The lowest BCUT2D eigenvalue weighted by atomic mass is 10.0. The zero-order chi connectivity index (χ0) is 6.97. The van der Waals surface area contributed by atoms with E-state index in [1.807, 2.05) is 0 Å². The highest BCUT2D eigenvalue weighted by Gasteiger charge is 2.33. The molecule has 0 radical (unpaired) electrons. The fourth-order valence-electron chi connectivity index (χ4n) is 1.51. The van der Waals surface area contributed by atoms with Crippen molar-refractivity contribution in [3.63, 3.8) is 0 Å². The summed E-state index contributed by atoms with van der Waals surface area (Å²) in [5.74, 6) is 1.16. The highest BCUT2D eigenvalue weighted by molar-refractivity contribution is 5.74. The average molecular weight is 140 g/mol. The topological polar surface area (TPSA) is 26.3 Å². The fourth-order valence-corrected chi connectivity index (χ4v) is 1.51. The van der Waals surface area contributed by atoms with Crippen LogP contribution in [0, 0.1) is 11.8 Å². The molecule has 2 aliphatic rings. The number of rotatable bonds is 2. The molecule has 0 bridgehead atoms. The van der Waals surface area contributed by atoms with Crippen molar-refractivity contribution in [3.05, 3.63) is 0 Å². The molecule has 1 saturated heterocycles. The Labute approximate surface area is 60.6 Å². The smallest absolute Gasteiger partial charge is 0.309 e. The fraction of sp³-hybridized carbons (Fsp3) is 0.875. The Morgan fingerprint density at radius 2 is 2.20 bits per heavy atom. The van der Waals surface area contributed by atoms with Crippen LogP contribution in [-0.2, 0) is 9.53 Å². The molecule has 56 valence electrons. The molecular formula is C8H12O2. The third-order valence-electron chi connectivity index (χ3n) is 2.36. The summed E-state index contributed by atoms with van der Waals surface area (Å²) < 4.78 is 4.86. The molecule has 1 aliphatic heterocycles.